The van der Waals surface area contributed by atoms with Crippen molar-refractivity contribution < 1.29 is 0 Å². The first kappa shape index (κ1) is 12.8. The number of thiocarbonyl (C=S) groups is 1. The molecule has 94 valence electrons. The Kier molecular flexibility index (Phi) is 3.77. The van der Waals surface area contributed by atoms with Gasteiger partial charge in [-0.25, -0.2) is 0 Å². The van der Waals surface area contributed by atoms with Crippen molar-refractivity contribution in [2.24, 2.45) is 0 Å². The lowest BCUT2D eigenvalue weighted by Gasteiger charge is -2.12. The van der Waals surface area contributed by atoms with E-state index in [9.17, 15) is 0 Å². The largest absolute Gasteiger partial charge is 0.381 e. The van der Waals surface area contributed by atoms with Crippen LogP contribution in [0.5, 0.6) is 0 Å². The maximum atomic E-state index is 5.26. The molecule has 18 heavy (non-hydrogen) atoms. The molecule has 0 aliphatic carbocycles. The molecule has 0 fully saturated rings. The van der Waals surface area contributed by atoms with Crippen LogP contribution in [-0.2, 0) is 0 Å². The van der Waals surface area contributed by atoms with Crippen molar-refractivity contribution in [1.29, 1.82) is 0 Å². The smallest absolute Gasteiger partial charge is 0.0998 e. The Labute approximate surface area is 113 Å². The first-order valence-electron chi connectivity index (χ1n) is 5.96. The molecular formula is C14H17N3S. The van der Waals surface area contributed by atoms with Crippen molar-refractivity contribution in [2.75, 3.05) is 7.05 Å². The van der Waals surface area contributed by atoms with Gasteiger partial charge in [0, 0.05) is 18.8 Å². The average Bonchev–Trinajstić information content (AvgIpc) is 2.80. The minimum Gasteiger partial charge on any atom is -0.381 e. The minimum absolute atomic E-state index is 0.0705. The highest BCUT2D eigenvalue weighted by Crippen LogP contribution is 2.22. The van der Waals surface area contributed by atoms with Crippen LogP contribution in [0.25, 0.3) is 11.3 Å². The fraction of sp³-hybridized carbons (Fsp3) is 0.286. The van der Waals surface area contributed by atoms with Gasteiger partial charge in [0.1, 0.15) is 0 Å². The van der Waals surface area contributed by atoms with Crippen LogP contribution in [0, 0.1) is 6.92 Å². The van der Waals surface area contributed by atoms with Gasteiger partial charge in [-0.3, -0.25) is 4.68 Å². The van der Waals surface area contributed by atoms with Gasteiger partial charge in [0.05, 0.1) is 16.7 Å². The van der Waals surface area contributed by atoms with Gasteiger partial charge in [-0.1, -0.05) is 42.5 Å². The van der Waals surface area contributed by atoms with Gasteiger partial charge in [0.15, 0.2) is 0 Å². The van der Waals surface area contributed by atoms with Gasteiger partial charge in [0.25, 0.3) is 0 Å². The first-order valence-corrected chi connectivity index (χ1v) is 6.37. The Morgan fingerprint density at radius 1 is 1.33 bits per heavy atom. The van der Waals surface area contributed by atoms with Gasteiger partial charge >= 0.3 is 0 Å². The Morgan fingerprint density at radius 2 is 2.00 bits per heavy atom. The summed E-state index contributed by atoms with van der Waals surface area (Å²) in [6, 6.07) is 10.3. The van der Waals surface area contributed by atoms with Crippen LogP contribution in [0.1, 0.15) is 18.5 Å². The summed E-state index contributed by atoms with van der Waals surface area (Å²) in [6.45, 7) is 4.11. The van der Waals surface area contributed by atoms with Crippen LogP contribution in [0.3, 0.4) is 0 Å². The quantitative estimate of drug-likeness (QED) is 0.859. The fourth-order valence-electron chi connectivity index (χ4n) is 1.89. The lowest BCUT2D eigenvalue weighted by molar-refractivity contribution is 0.605. The van der Waals surface area contributed by atoms with E-state index in [1.165, 1.54) is 0 Å². The molecule has 1 unspecified atom stereocenters. The Balaban J connectivity index is 2.36. The lowest BCUT2D eigenvalue weighted by atomic mass is 10.1. The third-order valence-electron chi connectivity index (χ3n) is 2.98. The third-order valence-corrected chi connectivity index (χ3v) is 3.53. The summed E-state index contributed by atoms with van der Waals surface area (Å²) >= 11 is 5.26. The molecule has 0 spiro atoms. The molecule has 2 aromatic rings. The van der Waals surface area contributed by atoms with Crippen LogP contribution >= 0.6 is 12.2 Å². The van der Waals surface area contributed by atoms with E-state index in [1.54, 1.807) is 0 Å². The molecule has 4 heteroatoms. The van der Waals surface area contributed by atoms with Crippen molar-refractivity contribution >= 4 is 17.2 Å². The number of hydrogen-bond donors (Lipinski definition) is 1. The molecule has 0 bridgehead atoms. The Bertz CT molecular complexity index is 545. The zero-order valence-corrected chi connectivity index (χ0v) is 11.7. The van der Waals surface area contributed by atoms with E-state index in [0.29, 0.717) is 0 Å². The van der Waals surface area contributed by atoms with Gasteiger partial charge in [0.2, 0.25) is 0 Å². The molecule has 1 aromatic heterocycles. The van der Waals surface area contributed by atoms with Crippen molar-refractivity contribution in [3.8, 4) is 11.3 Å². The molecule has 0 amide bonds. The summed E-state index contributed by atoms with van der Waals surface area (Å²) in [7, 11) is 1.84. The van der Waals surface area contributed by atoms with Crippen molar-refractivity contribution in [3.05, 3.63) is 42.1 Å². The summed E-state index contributed by atoms with van der Waals surface area (Å²) in [5.41, 5.74) is 3.31. The standard InChI is InChI=1S/C14H17N3S/c1-10-9-17(11(2)14(18)15-3)16-13(10)12-7-5-4-6-8-12/h4-9,11H,1-3H3,(H,15,18). The number of rotatable bonds is 3. The highest BCUT2D eigenvalue weighted by molar-refractivity contribution is 7.80. The van der Waals surface area contributed by atoms with Crippen LogP contribution in [0.2, 0.25) is 0 Å². The van der Waals surface area contributed by atoms with Crippen molar-refractivity contribution in [1.82, 2.24) is 15.1 Å². The highest BCUT2D eigenvalue weighted by atomic mass is 32.1. The molecule has 0 aliphatic rings. The lowest BCUT2D eigenvalue weighted by Crippen LogP contribution is -2.26. The van der Waals surface area contributed by atoms with E-state index in [1.807, 2.05) is 43.0 Å². The van der Waals surface area contributed by atoms with Crippen molar-refractivity contribution in [2.45, 2.75) is 19.9 Å². The highest BCUT2D eigenvalue weighted by Gasteiger charge is 2.14. The predicted octanol–water partition coefficient (Wildman–Crippen LogP) is 2.97. The van der Waals surface area contributed by atoms with E-state index in [-0.39, 0.29) is 6.04 Å². The van der Waals surface area contributed by atoms with E-state index < -0.39 is 0 Å². The monoisotopic (exact) mass is 259 g/mol. The maximum absolute atomic E-state index is 5.26. The zero-order valence-electron chi connectivity index (χ0n) is 10.8. The third kappa shape index (κ3) is 2.43. The molecule has 0 radical (unpaired) electrons. The molecule has 0 aliphatic heterocycles. The van der Waals surface area contributed by atoms with Crippen LogP contribution < -0.4 is 5.32 Å². The number of nitrogens with zero attached hydrogens (tertiary/aromatic N) is 2. The second-order valence-electron chi connectivity index (χ2n) is 4.30. The first-order chi connectivity index (χ1) is 8.63. The maximum Gasteiger partial charge on any atom is 0.0998 e. The summed E-state index contributed by atoms with van der Waals surface area (Å²) in [6.07, 6.45) is 2.04. The molecule has 1 heterocycles. The molecule has 1 atom stereocenters. The van der Waals surface area contributed by atoms with Crippen LogP contribution in [0.4, 0.5) is 0 Å². The van der Waals surface area contributed by atoms with Gasteiger partial charge in [-0.2, -0.15) is 5.10 Å². The van der Waals surface area contributed by atoms with Gasteiger partial charge in [-0.05, 0) is 19.4 Å². The second kappa shape index (κ2) is 5.31. The van der Waals surface area contributed by atoms with E-state index in [4.69, 9.17) is 12.2 Å². The molecule has 2 rings (SSSR count). The van der Waals surface area contributed by atoms with Crippen LogP contribution in [-0.4, -0.2) is 21.8 Å². The summed E-state index contributed by atoms with van der Waals surface area (Å²) in [5.74, 6) is 0. The van der Waals surface area contributed by atoms with E-state index in [2.05, 4.69) is 29.5 Å². The number of benzene rings is 1. The fourth-order valence-corrected chi connectivity index (χ4v) is 2.00. The number of nitrogens with one attached hydrogen (secondary N) is 1. The predicted molar refractivity (Wildman–Crippen MR) is 78.8 cm³/mol. The second-order valence-corrected chi connectivity index (χ2v) is 4.74. The number of likely N-dealkylation sites (N-methyl/N-ethyl adjacent to an activating group) is 1. The molecule has 0 saturated carbocycles. The number of aryl methyl sites for hydroxylation is 1. The summed E-state index contributed by atoms with van der Waals surface area (Å²) in [4.78, 5) is 0.789. The topological polar surface area (TPSA) is 29.9 Å². The summed E-state index contributed by atoms with van der Waals surface area (Å²) in [5, 5.41) is 7.64. The van der Waals surface area contributed by atoms with Crippen molar-refractivity contribution in [3.63, 3.8) is 0 Å². The van der Waals surface area contributed by atoms with E-state index >= 15 is 0 Å². The average molecular weight is 259 g/mol. The molecule has 0 saturated heterocycles. The van der Waals surface area contributed by atoms with Gasteiger partial charge < -0.3 is 5.32 Å². The Hall–Kier alpha value is -1.68. The molecule has 1 aromatic carbocycles. The van der Waals surface area contributed by atoms with E-state index in [0.717, 1.165) is 21.8 Å². The summed E-state index contributed by atoms with van der Waals surface area (Å²) < 4.78 is 1.91. The Morgan fingerprint density at radius 3 is 2.61 bits per heavy atom. The molecule has 1 N–H and O–H groups in total. The zero-order chi connectivity index (χ0) is 13.1. The molecular weight excluding hydrogens is 242 g/mol. The number of aromatic nitrogens is 2. The van der Waals surface area contributed by atoms with Gasteiger partial charge in [-0.15, -0.1) is 0 Å². The molecule has 3 nitrogen and oxygen atoms in total. The normalized spacial score (nSPS) is 12.2. The minimum atomic E-state index is 0.0705. The van der Waals surface area contributed by atoms with Crippen LogP contribution in [0.15, 0.2) is 36.5 Å². The SMILES string of the molecule is CNC(=S)C(C)n1cc(C)c(-c2ccccc2)n1. The number of hydrogen-bond acceptors (Lipinski definition) is 2.